The van der Waals surface area contributed by atoms with Crippen molar-refractivity contribution in [1.29, 1.82) is 0 Å². The van der Waals surface area contributed by atoms with Crippen molar-refractivity contribution in [3.05, 3.63) is 0 Å². The summed E-state index contributed by atoms with van der Waals surface area (Å²) in [5.74, 6) is 1.59. The number of rotatable bonds is 4. The van der Waals surface area contributed by atoms with Crippen LogP contribution in [0.4, 0.5) is 0 Å². The van der Waals surface area contributed by atoms with Crippen molar-refractivity contribution in [3.63, 3.8) is 0 Å². The summed E-state index contributed by atoms with van der Waals surface area (Å²) in [4.78, 5) is 7.18. The molecule has 2 aliphatic rings. The average molecular weight is 224 g/mol. The molecule has 0 aromatic rings. The van der Waals surface area contributed by atoms with Crippen LogP contribution in [0.25, 0.3) is 0 Å². The fraction of sp³-hybridized carbons (Fsp3) is 0.923. The maximum absolute atomic E-state index is 5.64. The van der Waals surface area contributed by atoms with Gasteiger partial charge in [0.1, 0.15) is 6.61 Å². The van der Waals surface area contributed by atoms with Crippen LogP contribution in [0.3, 0.4) is 0 Å². The van der Waals surface area contributed by atoms with Gasteiger partial charge in [0.05, 0.1) is 6.04 Å². The van der Waals surface area contributed by atoms with Crippen LogP contribution in [0.15, 0.2) is 4.99 Å². The third-order valence-corrected chi connectivity index (χ3v) is 3.59. The Morgan fingerprint density at radius 3 is 2.69 bits per heavy atom. The van der Waals surface area contributed by atoms with Gasteiger partial charge in [0.2, 0.25) is 0 Å². The molecule has 0 spiro atoms. The summed E-state index contributed by atoms with van der Waals surface area (Å²) in [5, 5.41) is 0. The highest BCUT2D eigenvalue weighted by molar-refractivity contribution is 5.77. The van der Waals surface area contributed by atoms with E-state index < -0.39 is 0 Å². The molecule has 3 nitrogen and oxygen atoms in total. The van der Waals surface area contributed by atoms with Gasteiger partial charge in [-0.2, -0.15) is 0 Å². The molecule has 2 aliphatic heterocycles. The first-order chi connectivity index (χ1) is 7.75. The molecule has 0 N–H and O–H groups in total. The molecule has 1 fully saturated rings. The lowest BCUT2D eigenvalue weighted by atomic mass is 10.1. The van der Waals surface area contributed by atoms with E-state index in [9.17, 15) is 0 Å². The van der Waals surface area contributed by atoms with Crippen LogP contribution in [0.2, 0.25) is 0 Å². The highest BCUT2D eigenvalue weighted by Crippen LogP contribution is 2.16. The van der Waals surface area contributed by atoms with Gasteiger partial charge in [0.25, 0.3) is 0 Å². The van der Waals surface area contributed by atoms with Crippen molar-refractivity contribution < 1.29 is 4.74 Å². The quantitative estimate of drug-likeness (QED) is 0.732. The molecule has 0 radical (unpaired) electrons. The van der Waals surface area contributed by atoms with E-state index in [-0.39, 0.29) is 0 Å². The fourth-order valence-corrected chi connectivity index (χ4v) is 2.36. The second kappa shape index (κ2) is 5.67. The molecule has 2 heterocycles. The number of nitrogens with zero attached hydrogens (tertiary/aromatic N) is 2. The van der Waals surface area contributed by atoms with Gasteiger partial charge in [-0.15, -0.1) is 0 Å². The Labute approximate surface area is 98.9 Å². The Balaban J connectivity index is 1.71. The Bertz CT molecular complexity index is 244. The van der Waals surface area contributed by atoms with E-state index in [0.717, 1.165) is 25.5 Å². The minimum Gasteiger partial charge on any atom is -0.479 e. The summed E-state index contributed by atoms with van der Waals surface area (Å²) in [7, 11) is 0. The molecule has 0 aliphatic carbocycles. The van der Waals surface area contributed by atoms with Gasteiger partial charge >= 0.3 is 0 Å². The van der Waals surface area contributed by atoms with E-state index in [4.69, 9.17) is 4.74 Å². The number of ether oxygens (including phenoxy) is 1. The van der Waals surface area contributed by atoms with E-state index in [1.54, 1.807) is 0 Å². The van der Waals surface area contributed by atoms with E-state index in [0.29, 0.717) is 12.0 Å². The summed E-state index contributed by atoms with van der Waals surface area (Å²) < 4.78 is 5.64. The van der Waals surface area contributed by atoms with Crippen LogP contribution in [-0.2, 0) is 4.74 Å². The Kier molecular flexibility index (Phi) is 4.22. The van der Waals surface area contributed by atoms with Crippen molar-refractivity contribution in [2.24, 2.45) is 10.9 Å². The second-order valence-corrected chi connectivity index (χ2v) is 5.30. The molecule has 0 aromatic heterocycles. The van der Waals surface area contributed by atoms with E-state index in [1.165, 1.54) is 32.4 Å². The molecule has 1 saturated heterocycles. The molecule has 1 atom stereocenters. The summed E-state index contributed by atoms with van der Waals surface area (Å²) >= 11 is 0. The predicted molar refractivity (Wildman–Crippen MR) is 66.9 cm³/mol. The maximum Gasteiger partial charge on any atom is 0.184 e. The molecule has 0 bridgehead atoms. The van der Waals surface area contributed by atoms with Gasteiger partial charge in [-0.3, -0.25) is 0 Å². The zero-order chi connectivity index (χ0) is 11.4. The summed E-state index contributed by atoms with van der Waals surface area (Å²) in [5.41, 5.74) is 0. The molecule has 2 rings (SSSR count). The highest BCUT2D eigenvalue weighted by atomic mass is 16.5. The third-order valence-electron chi connectivity index (χ3n) is 3.59. The van der Waals surface area contributed by atoms with E-state index >= 15 is 0 Å². The molecular formula is C13H24N2O. The minimum absolute atomic E-state index is 0.399. The zero-order valence-electron chi connectivity index (χ0n) is 10.6. The Morgan fingerprint density at radius 1 is 1.31 bits per heavy atom. The smallest absolute Gasteiger partial charge is 0.184 e. The lowest BCUT2D eigenvalue weighted by Gasteiger charge is -2.25. The first kappa shape index (κ1) is 11.9. The predicted octanol–water partition coefficient (Wildman–Crippen LogP) is 2.32. The number of aliphatic imine (C=N–C) groups is 1. The van der Waals surface area contributed by atoms with Gasteiger partial charge in [-0.05, 0) is 31.8 Å². The molecule has 0 saturated carbocycles. The summed E-state index contributed by atoms with van der Waals surface area (Å²) in [6.45, 7) is 8.88. The van der Waals surface area contributed by atoms with Crippen LogP contribution in [0, 0.1) is 5.92 Å². The molecule has 0 amide bonds. The number of likely N-dealkylation sites (tertiary alicyclic amines) is 1. The first-order valence-corrected chi connectivity index (χ1v) is 6.67. The molecule has 92 valence electrons. The molecule has 0 unspecified atom stereocenters. The van der Waals surface area contributed by atoms with Crippen molar-refractivity contribution >= 4 is 5.90 Å². The zero-order valence-corrected chi connectivity index (χ0v) is 10.6. The number of hydrogen-bond donors (Lipinski definition) is 0. The van der Waals surface area contributed by atoms with Gasteiger partial charge in [0, 0.05) is 13.0 Å². The van der Waals surface area contributed by atoms with Crippen LogP contribution < -0.4 is 0 Å². The Morgan fingerprint density at radius 2 is 2.06 bits per heavy atom. The normalized spacial score (nSPS) is 26.9. The van der Waals surface area contributed by atoms with Gasteiger partial charge in [-0.25, -0.2) is 4.99 Å². The van der Waals surface area contributed by atoms with Gasteiger partial charge in [0.15, 0.2) is 5.90 Å². The standard InChI is InChI=1S/C13H24N2O/c1-11(2)12-10-16-13(14-12)6-9-15-7-4-3-5-8-15/h11-12H,3-10H2,1-2H3/t12-/m1/s1. The number of piperidine rings is 1. The monoisotopic (exact) mass is 224 g/mol. The van der Waals surface area contributed by atoms with Gasteiger partial charge < -0.3 is 9.64 Å². The van der Waals surface area contributed by atoms with Crippen molar-refractivity contribution in [2.45, 2.75) is 45.6 Å². The van der Waals surface area contributed by atoms with Gasteiger partial charge in [-0.1, -0.05) is 20.3 Å². The topological polar surface area (TPSA) is 24.8 Å². The maximum atomic E-state index is 5.64. The summed E-state index contributed by atoms with van der Waals surface area (Å²) in [6, 6.07) is 0.399. The molecule has 3 heteroatoms. The van der Waals surface area contributed by atoms with E-state index in [2.05, 4.69) is 23.7 Å². The van der Waals surface area contributed by atoms with Crippen LogP contribution in [0.5, 0.6) is 0 Å². The third kappa shape index (κ3) is 3.21. The molecule has 16 heavy (non-hydrogen) atoms. The fourth-order valence-electron chi connectivity index (χ4n) is 2.36. The Hall–Kier alpha value is -0.570. The summed E-state index contributed by atoms with van der Waals surface area (Å²) in [6.07, 6.45) is 5.14. The average Bonchev–Trinajstić information content (AvgIpc) is 2.76. The second-order valence-electron chi connectivity index (χ2n) is 5.30. The van der Waals surface area contributed by atoms with Crippen molar-refractivity contribution in [3.8, 4) is 0 Å². The van der Waals surface area contributed by atoms with Crippen LogP contribution in [-0.4, -0.2) is 43.1 Å². The first-order valence-electron chi connectivity index (χ1n) is 6.67. The van der Waals surface area contributed by atoms with Crippen LogP contribution >= 0.6 is 0 Å². The molecule has 0 aromatic carbocycles. The van der Waals surface area contributed by atoms with Crippen LogP contribution in [0.1, 0.15) is 39.5 Å². The minimum atomic E-state index is 0.399. The lowest BCUT2D eigenvalue weighted by Crippen LogP contribution is -2.31. The SMILES string of the molecule is CC(C)[C@H]1COC(CCN2CCCCC2)=N1. The highest BCUT2D eigenvalue weighted by Gasteiger charge is 2.22. The number of hydrogen-bond acceptors (Lipinski definition) is 3. The van der Waals surface area contributed by atoms with E-state index in [1.807, 2.05) is 0 Å². The van der Waals surface area contributed by atoms with Crippen molar-refractivity contribution in [2.75, 3.05) is 26.2 Å². The lowest BCUT2D eigenvalue weighted by molar-refractivity contribution is 0.226. The largest absolute Gasteiger partial charge is 0.479 e. The molecular weight excluding hydrogens is 200 g/mol. The van der Waals surface area contributed by atoms with Crippen molar-refractivity contribution in [1.82, 2.24) is 4.90 Å².